The molecule has 2 unspecified atom stereocenters. The van der Waals surface area contributed by atoms with E-state index in [4.69, 9.17) is 0 Å². The van der Waals surface area contributed by atoms with Gasteiger partial charge in [0.15, 0.2) is 5.78 Å². The molecule has 3 aliphatic rings. The number of ketones is 1. The number of aliphatic hydroxyl groups is 1. The number of allylic oxidation sites excluding steroid dienone is 2. The van der Waals surface area contributed by atoms with Gasteiger partial charge in [-0.3, -0.25) is 4.79 Å². The van der Waals surface area contributed by atoms with Crippen molar-refractivity contribution >= 4 is 11.4 Å². The quantitative estimate of drug-likeness (QED) is 0.851. The summed E-state index contributed by atoms with van der Waals surface area (Å²) in [5, 5.41) is 19.7. The Bertz CT molecular complexity index is 763. The van der Waals surface area contributed by atoms with Crippen LogP contribution >= 0.6 is 0 Å². The smallest absolute Gasteiger partial charge is 0.167 e. The van der Waals surface area contributed by atoms with Crippen molar-refractivity contribution in [3.8, 4) is 5.75 Å². The third-order valence-electron chi connectivity index (χ3n) is 7.71. The van der Waals surface area contributed by atoms with E-state index in [1.807, 2.05) is 6.07 Å². The number of rotatable bonds is 2. The van der Waals surface area contributed by atoms with Crippen LogP contribution in [0.25, 0.3) is 5.57 Å². The molecule has 0 aromatic heterocycles. The van der Waals surface area contributed by atoms with Gasteiger partial charge in [-0.25, -0.2) is 0 Å². The number of aromatic hydroxyl groups is 1. The van der Waals surface area contributed by atoms with E-state index < -0.39 is 11.5 Å². The maximum Gasteiger partial charge on any atom is 0.167 e. The first-order valence-corrected chi connectivity index (χ1v) is 9.52. The highest BCUT2D eigenvalue weighted by Crippen LogP contribution is 2.66. The van der Waals surface area contributed by atoms with Crippen molar-refractivity contribution in [1.82, 2.24) is 0 Å². The van der Waals surface area contributed by atoms with Crippen molar-refractivity contribution in [1.29, 1.82) is 0 Å². The minimum atomic E-state index is -0.888. The lowest BCUT2D eigenvalue weighted by molar-refractivity contribution is -0.143. The van der Waals surface area contributed by atoms with Crippen LogP contribution in [0.15, 0.2) is 24.3 Å². The van der Waals surface area contributed by atoms with E-state index in [9.17, 15) is 15.0 Å². The summed E-state index contributed by atoms with van der Waals surface area (Å²) in [7, 11) is 0. The Hall–Kier alpha value is -1.61. The van der Waals surface area contributed by atoms with E-state index in [1.54, 1.807) is 13.0 Å². The monoisotopic (exact) mass is 340 g/mol. The highest BCUT2D eigenvalue weighted by Gasteiger charge is 2.61. The Morgan fingerprint density at radius 2 is 2.04 bits per heavy atom. The zero-order valence-corrected chi connectivity index (χ0v) is 15.4. The SMILES string of the molecule is C[C@H](O)C(=O)[C@@]1(C)CCC2C3CCc4cc(O)ccc4C3=CC[C@@]21C. The predicted octanol–water partition coefficient (Wildman–Crippen LogP) is 4.11. The number of aliphatic hydroxyl groups excluding tert-OH is 1. The molecular formula is C22H28O3. The number of hydrogen-bond donors (Lipinski definition) is 2. The van der Waals surface area contributed by atoms with E-state index in [0.717, 1.165) is 32.1 Å². The third kappa shape index (κ3) is 2.18. The third-order valence-corrected chi connectivity index (χ3v) is 7.71. The molecule has 1 fully saturated rings. The van der Waals surface area contributed by atoms with E-state index >= 15 is 0 Å². The fourth-order valence-corrected chi connectivity index (χ4v) is 6.08. The molecule has 1 saturated carbocycles. The molecule has 1 aromatic rings. The van der Waals surface area contributed by atoms with Crippen molar-refractivity contribution in [2.24, 2.45) is 22.7 Å². The molecule has 5 atom stereocenters. The van der Waals surface area contributed by atoms with Crippen molar-refractivity contribution in [3.05, 3.63) is 35.4 Å². The fourth-order valence-electron chi connectivity index (χ4n) is 6.08. The fraction of sp³-hybridized carbons (Fsp3) is 0.591. The van der Waals surface area contributed by atoms with Crippen LogP contribution in [0.1, 0.15) is 57.6 Å². The lowest BCUT2D eigenvalue weighted by Crippen LogP contribution is -2.49. The summed E-state index contributed by atoms with van der Waals surface area (Å²) in [6, 6.07) is 5.74. The molecule has 3 aliphatic carbocycles. The number of benzene rings is 1. The molecule has 3 nitrogen and oxygen atoms in total. The second kappa shape index (κ2) is 5.44. The maximum atomic E-state index is 12.8. The summed E-state index contributed by atoms with van der Waals surface area (Å²) in [5.74, 6) is 1.33. The number of phenolic OH excluding ortho intramolecular Hbond substituents is 1. The number of aryl methyl sites for hydroxylation is 1. The minimum absolute atomic E-state index is 0.00971. The maximum absolute atomic E-state index is 12.8. The van der Waals surface area contributed by atoms with Crippen molar-refractivity contribution in [2.45, 2.75) is 59.0 Å². The van der Waals surface area contributed by atoms with Gasteiger partial charge >= 0.3 is 0 Å². The molecule has 1 aromatic carbocycles. The summed E-state index contributed by atoms with van der Waals surface area (Å²) in [6.45, 7) is 5.96. The van der Waals surface area contributed by atoms with Crippen LogP contribution in [0.4, 0.5) is 0 Å². The second-order valence-electron chi connectivity index (χ2n) is 8.79. The number of phenols is 1. The van der Waals surface area contributed by atoms with Gasteiger partial charge in [0, 0.05) is 5.41 Å². The van der Waals surface area contributed by atoms with Crippen LogP contribution < -0.4 is 0 Å². The van der Waals surface area contributed by atoms with Crippen LogP contribution in [-0.4, -0.2) is 22.1 Å². The van der Waals surface area contributed by atoms with Crippen LogP contribution in [0.5, 0.6) is 5.75 Å². The summed E-state index contributed by atoms with van der Waals surface area (Å²) in [4.78, 5) is 12.8. The molecule has 0 heterocycles. The van der Waals surface area contributed by atoms with Gasteiger partial charge in [-0.05, 0) is 85.1 Å². The lowest BCUT2D eigenvalue weighted by atomic mass is 9.53. The average molecular weight is 340 g/mol. The summed E-state index contributed by atoms with van der Waals surface area (Å²) in [5.41, 5.74) is 3.42. The van der Waals surface area contributed by atoms with Gasteiger partial charge in [0.2, 0.25) is 0 Å². The highest BCUT2D eigenvalue weighted by molar-refractivity contribution is 5.89. The number of fused-ring (bicyclic) bond motifs is 5. The molecule has 0 saturated heterocycles. The van der Waals surface area contributed by atoms with E-state index in [0.29, 0.717) is 17.6 Å². The molecule has 0 radical (unpaired) electrons. The Morgan fingerprint density at radius 3 is 2.76 bits per heavy atom. The van der Waals surface area contributed by atoms with Gasteiger partial charge in [-0.1, -0.05) is 26.0 Å². The largest absolute Gasteiger partial charge is 0.508 e. The van der Waals surface area contributed by atoms with E-state index in [-0.39, 0.29) is 11.2 Å². The van der Waals surface area contributed by atoms with E-state index in [2.05, 4.69) is 26.0 Å². The molecule has 2 N–H and O–H groups in total. The summed E-state index contributed by atoms with van der Waals surface area (Å²) in [6.07, 6.45) is 6.34. The Morgan fingerprint density at radius 1 is 1.28 bits per heavy atom. The molecule has 0 aliphatic heterocycles. The Labute approximate surface area is 149 Å². The van der Waals surface area contributed by atoms with Crippen LogP contribution in [0.3, 0.4) is 0 Å². The average Bonchev–Trinajstić information content (AvgIpc) is 2.86. The predicted molar refractivity (Wildman–Crippen MR) is 98.1 cm³/mol. The molecule has 134 valence electrons. The van der Waals surface area contributed by atoms with Gasteiger partial charge in [-0.15, -0.1) is 0 Å². The van der Waals surface area contributed by atoms with Crippen LogP contribution in [0, 0.1) is 22.7 Å². The van der Waals surface area contributed by atoms with Gasteiger partial charge in [0.25, 0.3) is 0 Å². The normalized spacial score (nSPS) is 37.5. The zero-order chi connectivity index (χ0) is 18.0. The highest BCUT2D eigenvalue weighted by atomic mass is 16.3. The van der Waals surface area contributed by atoms with Crippen molar-refractivity contribution < 1.29 is 15.0 Å². The standard InChI is InChI=1S/C22H28O3/c1-13(23)20(25)22(3)11-9-19-18-6-4-14-12-15(24)5-7-16(14)17(18)8-10-21(19,22)2/h5,7-8,12-13,18-19,23-24H,4,6,9-11H2,1-3H3/t13-,18?,19?,21-,22+/m0/s1. The van der Waals surface area contributed by atoms with Crippen LogP contribution in [0.2, 0.25) is 0 Å². The molecule has 0 bridgehead atoms. The van der Waals surface area contributed by atoms with Gasteiger partial charge in [-0.2, -0.15) is 0 Å². The number of hydrogen-bond acceptors (Lipinski definition) is 3. The molecule has 0 spiro atoms. The van der Waals surface area contributed by atoms with Crippen LogP contribution in [-0.2, 0) is 11.2 Å². The zero-order valence-electron chi connectivity index (χ0n) is 15.4. The van der Waals surface area contributed by atoms with Crippen molar-refractivity contribution in [2.75, 3.05) is 0 Å². The Kier molecular flexibility index (Phi) is 3.66. The molecular weight excluding hydrogens is 312 g/mol. The Balaban J connectivity index is 1.76. The molecule has 0 amide bonds. The molecule has 4 rings (SSSR count). The first-order valence-electron chi connectivity index (χ1n) is 9.52. The number of Topliss-reactive ketones (excluding diaryl/α,β-unsaturated/α-hetero) is 1. The lowest BCUT2D eigenvalue weighted by Gasteiger charge is -2.50. The van der Waals surface area contributed by atoms with Gasteiger partial charge < -0.3 is 10.2 Å². The topological polar surface area (TPSA) is 57.5 Å². The summed E-state index contributed by atoms with van der Waals surface area (Å²) >= 11 is 0. The number of carbonyl (C=O) groups is 1. The number of carbonyl (C=O) groups excluding carboxylic acids is 1. The second-order valence-corrected chi connectivity index (χ2v) is 8.79. The molecule has 3 heteroatoms. The van der Waals surface area contributed by atoms with E-state index in [1.165, 1.54) is 16.7 Å². The first kappa shape index (κ1) is 16.8. The van der Waals surface area contributed by atoms with Gasteiger partial charge in [0.1, 0.15) is 11.9 Å². The molecule has 25 heavy (non-hydrogen) atoms. The first-order chi connectivity index (χ1) is 11.8. The summed E-state index contributed by atoms with van der Waals surface area (Å²) < 4.78 is 0. The van der Waals surface area contributed by atoms with Gasteiger partial charge in [0.05, 0.1) is 0 Å². The van der Waals surface area contributed by atoms with Crippen molar-refractivity contribution in [3.63, 3.8) is 0 Å². The minimum Gasteiger partial charge on any atom is -0.508 e.